The van der Waals surface area contributed by atoms with Crippen LogP contribution in [0, 0.1) is 0 Å². The highest BCUT2D eigenvalue weighted by atomic mass is 16.4. The highest BCUT2D eigenvalue weighted by molar-refractivity contribution is 5.89. The standard InChI is InChI=1S/C8H13NO3/c1-3-5-7(10)9(4-2)6-8(11)12/h3,5H,4,6H2,1-2H3,(H,11,12). The van der Waals surface area contributed by atoms with Gasteiger partial charge < -0.3 is 10.0 Å². The lowest BCUT2D eigenvalue weighted by Gasteiger charge is -2.15. The Morgan fingerprint density at radius 3 is 2.42 bits per heavy atom. The molecule has 4 heteroatoms. The van der Waals surface area contributed by atoms with E-state index in [-0.39, 0.29) is 12.5 Å². The van der Waals surface area contributed by atoms with Crippen LogP contribution in [0.15, 0.2) is 12.2 Å². The topological polar surface area (TPSA) is 57.6 Å². The van der Waals surface area contributed by atoms with Crippen LogP contribution in [0.5, 0.6) is 0 Å². The predicted octanol–water partition coefficient (Wildman–Crippen LogP) is 0.496. The van der Waals surface area contributed by atoms with E-state index in [4.69, 9.17) is 5.11 Å². The van der Waals surface area contributed by atoms with Crippen molar-refractivity contribution in [2.24, 2.45) is 0 Å². The van der Waals surface area contributed by atoms with Crippen LogP contribution in [0.3, 0.4) is 0 Å². The van der Waals surface area contributed by atoms with Crippen LogP contribution in [0.2, 0.25) is 0 Å². The number of rotatable bonds is 4. The maximum Gasteiger partial charge on any atom is 0.323 e. The Bertz CT molecular complexity index is 198. The van der Waals surface area contributed by atoms with E-state index in [0.29, 0.717) is 6.54 Å². The molecule has 0 bridgehead atoms. The minimum atomic E-state index is -0.991. The molecule has 0 aliphatic heterocycles. The summed E-state index contributed by atoms with van der Waals surface area (Å²) < 4.78 is 0. The fraction of sp³-hybridized carbons (Fsp3) is 0.500. The number of carbonyl (C=O) groups is 2. The molecule has 0 saturated heterocycles. The van der Waals surface area contributed by atoms with Crippen molar-refractivity contribution in [3.05, 3.63) is 12.2 Å². The summed E-state index contributed by atoms with van der Waals surface area (Å²) in [6.07, 6.45) is 2.94. The lowest BCUT2D eigenvalue weighted by molar-refractivity contribution is -0.142. The molecule has 0 spiro atoms. The Kier molecular flexibility index (Phi) is 4.76. The number of nitrogens with zero attached hydrogens (tertiary/aromatic N) is 1. The molecule has 12 heavy (non-hydrogen) atoms. The minimum Gasteiger partial charge on any atom is -0.480 e. The van der Waals surface area contributed by atoms with Gasteiger partial charge in [-0.2, -0.15) is 0 Å². The Labute approximate surface area is 71.5 Å². The van der Waals surface area contributed by atoms with Crippen molar-refractivity contribution in [1.82, 2.24) is 4.90 Å². The van der Waals surface area contributed by atoms with Crippen LogP contribution in [-0.2, 0) is 9.59 Å². The third-order valence-corrected chi connectivity index (χ3v) is 1.33. The number of aliphatic carboxylic acids is 1. The number of allylic oxidation sites excluding steroid dienone is 1. The number of hydrogen-bond acceptors (Lipinski definition) is 2. The number of carboxylic acids is 1. The number of carboxylic acid groups (broad SMARTS) is 1. The van der Waals surface area contributed by atoms with Gasteiger partial charge in [-0.1, -0.05) is 6.08 Å². The highest BCUT2D eigenvalue weighted by Crippen LogP contribution is 1.90. The van der Waals surface area contributed by atoms with Crippen LogP contribution in [0.25, 0.3) is 0 Å². The molecule has 1 amide bonds. The van der Waals surface area contributed by atoms with Crippen LogP contribution < -0.4 is 0 Å². The van der Waals surface area contributed by atoms with Gasteiger partial charge in [0.25, 0.3) is 0 Å². The van der Waals surface area contributed by atoms with Crippen LogP contribution in [-0.4, -0.2) is 35.0 Å². The van der Waals surface area contributed by atoms with Gasteiger partial charge in [-0.25, -0.2) is 0 Å². The Morgan fingerprint density at radius 1 is 1.50 bits per heavy atom. The maximum atomic E-state index is 11.1. The Hall–Kier alpha value is -1.32. The van der Waals surface area contributed by atoms with Gasteiger partial charge in [0.15, 0.2) is 0 Å². The van der Waals surface area contributed by atoms with Crippen LogP contribution in [0.4, 0.5) is 0 Å². The monoisotopic (exact) mass is 171 g/mol. The van der Waals surface area contributed by atoms with Gasteiger partial charge >= 0.3 is 5.97 Å². The predicted molar refractivity (Wildman–Crippen MR) is 44.7 cm³/mol. The summed E-state index contributed by atoms with van der Waals surface area (Å²) in [4.78, 5) is 22.6. The molecular formula is C8H13NO3. The van der Waals surface area contributed by atoms with Gasteiger partial charge in [-0.15, -0.1) is 0 Å². The SMILES string of the molecule is CC=CC(=O)N(CC)CC(=O)O. The number of carbonyl (C=O) groups excluding carboxylic acids is 1. The van der Waals surface area contributed by atoms with Crippen molar-refractivity contribution in [2.45, 2.75) is 13.8 Å². The largest absolute Gasteiger partial charge is 0.480 e. The molecule has 0 unspecified atom stereocenters. The van der Waals surface area contributed by atoms with E-state index < -0.39 is 5.97 Å². The first-order chi connectivity index (χ1) is 5.61. The smallest absolute Gasteiger partial charge is 0.323 e. The Morgan fingerprint density at radius 2 is 2.08 bits per heavy atom. The molecule has 0 aromatic heterocycles. The van der Waals surface area contributed by atoms with Crippen molar-refractivity contribution in [3.8, 4) is 0 Å². The molecule has 0 aliphatic carbocycles. The zero-order valence-electron chi connectivity index (χ0n) is 7.28. The molecule has 0 aliphatic rings. The highest BCUT2D eigenvalue weighted by Gasteiger charge is 2.10. The molecule has 0 aromatic carbocycles. The van der Waals surface area contributed by atoms with Gasteiger partial charge in [0, 0.05) is 6.54 Å². The van der Waals surface area contributed by atoms with Crippen molar-refractivity contribution in [3.63, 3.8) is 0 Å². The third kappa shape index (κ3) is 3.75. The van der Waals surface area contributed by atoms with Crippen molar-refractivity contribution < 1.29 is 14.7 Å². The average molecular weight is 171 g/mol. The van der Waals surface area contributed by atoms with E-state index in [1.54, 1.807) is 19.9 Å². The molecule has 0 radical (unpaired) electrons. The van der Waals surface area contributed by atoms with Gasteiger partial charge in [0.2, 0.25) is 5.91 Å². The molecule has 68 valence electrons. The normalized spacial score (nSPS) is 10.2. The van der Waals surface area contributed by atoms with E-state index in [9.17, 15) is 9.59 Å². The van der Waals surface area contributed by atoms with Gasteiger partial charge in [-0.05, 0) is 19.9 Å². The Balaban J connectivity index is 4.14. The summed E-state index contributed by atoms with van der Waals surface area (Å²) in [6.45, 7) is 3.63. The molecular weight excluding hydrogens is 158 g/mol. The first kappa shape index (κ1) is 10.7. The van der Waals surface area contributed by atoms with Gasteiger partial charge in [0.05, 0.1) is 0 Å². The fourth-order valence-corrected chi connectivity index (χ4v) is 0.757. The van der Waals surface area contributed by atoms with E-state index in [1.807, 2.05) is 0 Å². The number of likely N-dealkylation sites (N-methyl/N-ethyl adjacent to an activating group) is 1. The zero-order chi connectivity index (χ0) is 9.56. The number of hydrogen-bond donors (Lipinski definition) is 1. The molecule has 0 atom stereocenters. The number of amides is 1. The molecule has 0 aromatic rings. The molecule has 0 fully saturated rings. The molecule has 0 rings (SSSR count). The second-order valence-electron chi connectivity index (χ2n) is 2.25. The second kappa shape index (κ2) is 5.35. The quantitative estimate of drug-likeness (QED) is 0.626. The summed E-state index contributed by atoms with van der Waals surface area (Å²) >= 11 is 0. The summed E-state index contributed by atoms with van der Waals surface area (Å²) in [5.41, 5.74) is 0. The third-order valence-electron chi connectivity index (χ3n) is 1.33. The van der Waals surface area contributed by atoms with E-state index in [2.05, 4.69) is 0 Å². The van der Waals surface area contributed by atoms with Gasteiger partial charge in [-0.3, -0.25) is 9.59 Å². The van der Waals surface area contributed by atoms with Gasteiger partial charge in [0.1, 0.15) is 6.54 Å². The van der Waals surface area contributed by atoms with Crippen molar-refractivity contribution in [1.29, 1.82) is 0 Å². The average Bonchev–Trinajstić information content (AvgIpc) is 2.00. The first-order valence-corrected chi connectivity index (χ1v) is 3.75. The zero-order valence-corrected chi connectivity index (χ0v) is 7.28. The summed E-state index contributed by atoms with van der Waals surface area (Å²) in [5.74, 6) is -1.25. The lowest BCUT2D eigenvalue weighted by atomic mass is 10.4. The maximum absolute atomic E-state index is 11.1. The summed E-state index contributed by atoms with van der Waals surface area (Å²) in [7, 11) is 0. The molecule has 0 saturated carbocycles. The lowest BCUT2D eigenvalue weighted by Crippen LogP contribution is -2.34. The van der Waals surface area contributed by atoms with Crippen LogP contribution in [0.1, 0.15) is 13.8 Å². The minimum absolute atomic E-state index is 0.236. The molecule has 4 nitrogen and oxygen atoms in total. The first-order valence-electron chi connectivity index (χ1n) is 3.75. The van der Waals surface area contributed by atoms with E-state index in [1.165, 1.54) is 11.0 Å². The molecule has 0 heterocycles. The summed E-state index contributed by atoms with van der Waals surface area (Å²) in [6, 6.07) is 0. The fourth-order valence-electron chi connectivity index (χ4n) is 0.757. The van der Waals surface area contributed by atoms with E-state index in [0.717, 1.165) is 0 Å². The van der Waals surface area contributed by atoms with Crippen molar-refractivity contribution >= 4 is 11.9 Å². The van der Waals surface area contributed by atoms with Crippen molar-refractivity contribution in [2.75, 3.05) is 13.1 Å². The van der Waals surface area contributed by atoms with E-state index >= 15 is 0 Å². The van der Waals surface area contributed by atoms with Crippen LogP contribution >= 0.6 is 0 Å². The molecule has 1 N–H and O–H groups in total. The second-order valence-corrected chi connectivity index (χ2v) is 2.25. The summed E-state index contributed by atoms with van der Waals surface area (Å²) in [5, 5.41) is 8.41.